The van der Waals surface area contributed by atoms with Gasteiger partial charge in [0.05, 0.1) is 0 Å². The fourth-order valence-electron chi connectivity index (χ4n) is 1.96. The summed E-state index contributed by atoms with van der Waals surface area (Å²) in [4.78, 5) is 0. The van der Waals surface area contributed by atoms with Gasteiger partial charge in [-0.05, 0) is 44.8 Å². The molecule has 2 rings (SSSR count). The molecule has 0 saturated carbocycles. The van der Waals surface area contributed by atoms with Crippen molar-refractivity contribution in [3.63, 3.8) is 0 Å². The van der Waals surface area contributed by atoms with Gasteiger partial charge in [-0.1, -0.05) is 19.1 Å². The summed E-state index contributed by atoms with van der Waals surface area (Å²) in [7, 11) is -0.567. The zero-order chi connectivity index (χ0) is 18.7. The third-order valence-corrected chi connectivity index (χ3v) is 3.69. The smallest absolute Gasteiger partial charge is 0.413 e. The molecule has 0 atom stereocenters. The van der Waals surface area contributed by atoms with Gasteiger partial charge in [0.1, 0.15) is 0 Å². The van der Waals surface area contributed by atoms with Gasteiger partial charge in [0.25, 0.3) is 0 Å². The molecule has 1 heterocycles. The quantitative estimate of drug-likeness (QED) is 0.709. The largest absolute Gasteiger partial charge is 0.494 e. The van der Waals surface area contributed by atoms with Crippen molar-refractivity contribution in [1.29, 1.82) is 0 Å². The first kappa shape index (κ1) is 19.5. The monoisotopic (exact) mass is 356 g/mol. The topological polar surface area (TPSA) is 57.4 Å². The summed E-state index contributed by atoms with van der Waals surface area (Å²) >= 11 is 0. The minimum absolute atomic E-state index is 0.193. The maximum Gasteiger partial charge on any atom is 0.494 e. The van der Waals surface area contributed by atoms with Crippen molar-refractivity contribution in [2.45, 2.75) is 45.9 Å². The zero-order valence-corrected chi connectivity index (χ0v) is 14.6. The number of rotatable bonds is 7. The third-order valence-electron chi connectivity index (χ3n) is 3.69. The van der Waals surface area contributed by atoms with E-state index in [0.29, 0.717) is 12.2 Å². The molecule has 0 spiro atoms. The molecule has 0 aliphatic carbocycles. The number of halogens is 3. The van der Waals surface area contributed by atoms with E-state index in [0.717, 1.165) is 11.9 Å². The van der Waals surface area contributed by atoms with Crippen LogP contribution in [0.15, 0.2) is 28.7 Å². The summed E-state index contributed by atoms with van der Waals surface area (Å²) in [6, 6.07) is 6.60. The van der Waals surface area contributed by atoms with Crippen molar-refractivity contribution < 1.29 is 26.9 Å². The van der Waals surface area contributed by atoms with Crippen LogP contribution >= 0.6 is 0 Å². The number of hydrogen-bond donors (Lipinski definition) is 0. The molecule has 0 radical (unpaired) electrons. The van der Waals surface area contributed by atoms with Crippen LogP contribution < -0.4 is 5.46 Å². The van der Waals surface area contributed by atoms with E-state index in [1.807, 2.05) is 27.7 Å². The van der Waals surface area contributed by atoms with Crippen LogP contribution in [0.1, 0.15) is 40.0 Å². The Bertz CT molecular complexity index is 687. The van der Waals surface area contributed by atoms with Gasteiger partial charge in [-0.3, -0.25) is 0 Å². The number of aromatic nitrogens is 2. The van der Waals surface area contributed by atoms with E-state index in [4.69, 9.17) is 9.31 Å². The molecule has 5 nitrogen and oxygen atoms in total. The minimum atomic E-state index is -4.66. The average Bonchev–Trinajstić information content (AvgIpc) is 3.05. The summed E-state index contributed by atoms with van der Waals surface area (Å²) in [5.74, 6) is -1.56. The summed E-state index contributed by atoms with van der Waals surface area (Å²) in [5, 5.41) is 6.46. The van der Waals surface area contributed by atoms with Gasteiger partial charge < -0.3 is 13.7 Å². The van der Waals surface area contributed by atoms with Crippen LogP contribution in [0.25, 0.3) is 11.5 Å². The summed E-state index contributed by atoms with van der Waals surface area (Å²) in [6.07, 6.45) is -3.86. The summed E-state index contributed by atoms with van der Waals surface area (Å²) in [5.41, 5.74) is 0.770. The summed E-state index contributed by atoms with van der Waals surface area (Å²) < 4.78 is 53.9. The number of nitrogens with zero attached hydrogens (tertiary/aromatic N) is 2. The second-order valence-electron chi connectivity index (χ2n) is 6.05. The Labute approximate surface area is 144 Å². The molecule has 0 aliphatic heterocycles. The van der Waals surface area contributed by atoms with E-state index in [9.17, 15) is 13.2 Å². The highest BCUT2D eigenvalue weighted by molar-refractivity contribution is 6.61. The highest BCUT2D eigenvalue weighted by Crippen LogP contribution is 2.30. The fourth-order valence-corrected chi connectivity index (χ4v) is 1.96. The number of alkyl halides is 3. The van der Waals surface area contributed by atoms with Crippen molar-refractivity contribution in [1.82, 2.24) is 10.2 Å². The van der Waals surface area contributed by atoms with Gasteiger partial charge in [0, 0.05) is 17.8 Å². The van der Waals surface area contributed by atoms with E-state index < -0.39 is 19.2 Å². The van der Waals surface area contributed by atoms with Crippen LogP contribution in [0.4, 0.5) is 13.2 Å². The molecule has 0 fully saturated rings. The first-order valence-electron chi connectivity index (χ1n) is 7.96. The van der Waals surface area contributed by atoms with Crippen molar-refractivity contribution in [2.24, 2.45) is 0 Å². The molecule has 136 valence electrons. The summed E-state index contributed by atoms with van der Waals surface area (Å²) in [6.45, 7) is 8.26. The minimum Gasteiger partial charge on any atom is -0.413 e. The van der Waals surface area contributed by atoms with Crippen LogP contribution in [-0.4, -0.2) is 29.5 Å². The van der Waals surface area contributed by atoms with Crippen LogP contribution in [0, 0.1) is 0 Å². The molecule has 1 aromatic heterocycles. The molecule has 0 unspecified atom stereocenters. The average molecular weight is 356 g/mol. The van der Waals surface area contributed by atoms with E-state index in [1.165, 1.54) is 0 Å². The fraction of sp³-hybridized carbons (Fsp3) is 0.500. The highest BCUT2D eigenvalue weighted by Gasteiger charge is 2.38. The van der Waals surface area contributed by atoms with Crippen molar-refractivity contribution in [3.05, 3.63) is 30.2 Å². The second kappa shape index (κ2) is 7.57. The van der Waals surface area contributed by atoms with Crippen LogP contribution in [0.2, 0.25) is 0 Å². The van der Waals surface area contributed by atoms with E-state index in [1.54, 1.807) is 24.3 Å². The third kappa shape index (κ3) is 5.05. The molecule has 0 bridgehead atoms. The number of hydrogen-bond acceptors (Lipinski definition) is 5. The highest BCUT2D eigenvalue weighted by atomic mass is 19.4. The molecule has 0 amide bonds. The van der Waals surface area contributed by atoms with Crippen molar-refractivity contribution in [2.75, 3.05) is 6.61 Å². The first-order chi connectivity index (χ1) is 11.7. The molecular formula is C16H20BF3N2O3. The lowest BCUT2D eigenvalue weighted by Gasteiger charge is -2.28. The lowest BCUT2D eigenvalue weighted by molar-refractivity contribution is -0.156. The van der Waals surface area contributed by atoms with Crippen LogP contribution in [0.3, 0.4) is 0 Å². The van der Waals surface area contributed by atoms with Gasteiger partial charge in [-0.2, -0.15) is 13.2 Å². The normalized spacial score (nSPS) is 12.4. The molecular weight excluding hydrogens is 336 g/mol. The van der Waals surface area contributed by atoms with Crippen molar-refractivity contribution in [3.8, 4) is 11.5 Å². The Morgan fingerprint density at radius 3 is 2.20 bits per heavy atom. The number of benzene rings is 1. The zero-order valence-electron chi connectivity index (χ0n) is 14.6. The van der Waals surface area contributed by atoms with E-state index in [-0.39, 0.29) is 11.5 Å². The molecule has 0 saturated heterocycles. The molecule has 2 aromatic rings. The lowest BCUT2D eigenvalue weighted by atomic mass is 9.77. The van der Waals surface area contributed by atoms with E-state index in [2.05, 4.69) is 14.6 Å². The SMILES string of the molecule is CCOB(OC(C)(C)CC)c1ccc(-c2nnc(C(F)(F)F)o2)cc1. The predicted molar refractivity (Wildman–Crippen MR) is 87.2 cm³/mol. The van der Waals surface area contributed by atoms with Gasteiger partial charge in [-0.15, -0.1) is 10.2 Å². The van der Waals surface area contributed by atoms with Gasteiger partial charge in [-0.25, -0.2) is 0 Å². The van der Waals surface area contributed by atoms with Gasteiger partial charge >= 0.3 is 19.2 Å². The Balaban J connectivity index is 2.21. The molecule has 0 aliphatic rings. The Morgan fingerprint density at radius 2 is 1.72 bits per heavy atom. The Kier molecular flexibility index (Phi) is 5.89. The van der Waals surface area contributed by atoms with Crippen molar-refractivity contribution >= 4 is 12.6 Å². The Hall–Kier alpha value is -1.87. The second-order valence-corrected chi connectivity index (χ2v) is 6.05. The predicted octanol–water partition coefficient (Wildman–Crippen LogP) is 3.69. The Morgan fingerprint density at radius 1 is 1.08 bits per heavy atom. The molecule has 0 N–H and O–H groups in total. The van der Waals surface area contributed by atoms with Gasteiger partial charge in [0.15, 0.2) is 0 Å². The first-order valence-corrected chi connectivity index (χ1v) is 7.96. The standard InChI is InChI=1S/C16H20BF3N2O3/c1-5-15(3,4)25-17(23-6-2)12-9-7-11(8-10-12)13-21-22-14(24-13)16(18,19)20/h7-10H,5-6H2,1-4H3. The maximum absolute atomic E-state index is 12.5. The molecule has 9 heteroatoms. The van der Waals surface area contributed by atoms with E-state index >= 15 is 0 Å². The van der Waals surface area contributed by atoms with Gasteiger partial charge in [0.2, 0.25) is 5.89 Å². The lowest BCUT2D eigenvalue weighted by Crippen LogP contribution is -2.43. The maximum atomic E-state index is 12.5. The van der Waals surface area contributed by atoms with Crippen LogP contribution in [0.5, 0.6) is 0 Å². The molecule has 25 heavy (non-hydrogen) atoms. The molecule has 1 aromatic carbocycles. The van der Waals surface area contributed by atoms with Crippen LogP contribution in [-0.2, 0) is 15.5 Å².